The average molecular weight is 462 g/mol. The summed E-state index contributed by atoms with van der Waals surface area (Å²) in [6.07, 6.45) is -8.55. The highest BCUT2D eigenvalue weighted by molar-refractivity contribution is 5.90. The van der Waals surface area contributed by atoms with Gasteiger partial charge in [-0.25, -0.2) is 4.39 Å². The molecule has 0 aliphatic rings. The number of hydrogen-bond acceptors (Lipinski definition) is 2. The van der Waals surface area contributed by atoms with E-state index in [0.717, 1.165) is 12.1 Å². The second-order valence-corrected chi connectivity index (χ2v) is 8.69. The van der Waals surface area contributed by atoms with Gasteiger partial charge in [0.05, 0.1) is 0 Å². The fourth-order valence-electron chi connectivity index (χ4n) is 3.51. The van der Waals surface area contributed by atoms with Crippen molar-refractivity contribution in [1.29, 1.82) is 0 Å². The lowest BCUT2D eigenvalue weighted by Gasteiger charge is -2.20. The largest absolute Gasteiger partial charge is 0.573 e. The minimum atomic E-state index is -5.00. The highest BCUT2D eigenvalue weighted by Gasteiger charge is 2.40. The van der Waals surface area contributed by atoms with Crippen LogP contribution in [0.1, 0.15) is 32.4 Å². The average Bonchev–Trinajstić information content (AvgIpc) is 2.94. The van der Waals surface area contributed by atoms with Gasteiger partial charge in [-0.2, -0.15) is 13.2 Å². The number of ether oxygens (including phenoxy) is 1. The molecule has 3 aromatic rings. The molecule has 0 bridgehead atoms. The Balaban J connectivity index is 2.27. The van der Waals surface area contributed by atoms with Gasteiger partial charge in [0.15, 0.2) is 0 Å². The highest BCUT2D eigenvalue weighted by Crippen LogP contribution is 2.41. The van der Waals surface area contributed by atoms with E-state index in [1.807, 2.05) is 20.8 Å². The van der Waals surface area contributed by atoms with Gasteiger partial charge in [0, 0.05) is 40.3 Å². The van der Waals surface area contributed by atoms with Crippen molar-refractivity contribution in [3.05, 3.63) is 54.0 Å². The van der Waals surface area contributed by atoms with Crippen molar-refractivity contribution in [2.45, 2.75) is 45.9 Å². The van der Waals surface area contributed by atoms with Gasteiger partial charge in [-0.05, 0) is 23.6 Å². The number of rotatable bonds is 4. The molecule has 3 nitrogen and oxygen atoms in total. The number of hydrogen-bond donors (Lipinski definition) is 1. The van der Waals surface area contributed by atoms with Crippen molar-refractivity contribution >= 4 is 10.9 Å². The zero-order valence-electron chi connectivity index (χ0n) is 17.4. The van der Waals surface area contributed by atoms with Crippen molar-refractivity contribution in [2.75, 3.05) is 0 Å². The van der Waals surface area contributed by atoms with Crippen LogP contribution in [0.3, 0.4) is 0 Å². The van der Waals surface area contributed by atoms with Gasteiger partial charge in [0.25, 0.3) is 0 Å². The van der Waals surface area contributed by atoms with Crippen LogP contribution in [0.4, 0.5) is 30.7 Å². The first-order chi connectivity index (χ1) is 14.6. The van der Waals surface area contributed by atoms with Gasteiger partial charge < -0.3 is 15.0 Å². The van der Waals surface area contributed by atoms with Gasteiger partial charge in [-0.1, -0.05) is 39.0 Å². The number of nitrogens with zero attached hydrogens (tertiary/aromatic N) is 1. The molecule has 0 fully saturated rings. The van der Waals surface area contributed by atoms with Crippen LogP contribution in [0.15, 0.2) is 42.6 Å². The molecule has 0 saturated heterocycles. The smallest absolute Gasteiger partial charge is 0.405 e. The van der Waals surface area contributed by atoms with E-state index in [9.17, 15) is 26.3 Å². The first-order valence-electron chi connectivity index (χ1n) is 9.56. The van der Waals surface area contributed by atoms with Crippen LogP contribution in [-0.2, 0) is 6.54 Å². The molecule has 0 saturated carbocycles. The molecule has 10 heteroatoms. The molecule has 174 valence electrons. The monoisotopic (exact) mass is 462 g/mol. The fourth-order valence-corrected chi connectivity index (χ4v) is 3.51. The molecule has 0 radical (unpaired) electrons. The van der Waals surface area contributed by atoms with Crippen molar-refractivity contribution in [1.82, 2.24) is 4.57 Å². The molecule has 0 aliphatic carbocycles. The van der Waals surface area contributed by atoms with E-state index in [0.29, 0.717) is 0 Å². The molecular weight excluding hydrogens is 441 g/mol. The van der Waals surface area contributed by atoms with E-state index in [-0.39, 0.29) is 39.6 Å². The Hall–Kier alpha value is -2.75. The van der Waals surface area contributed by atoms with Crippen molar-refractivity contribution in [2.24, 2.45) is 11.1 Å². The van der Waals surface area contributed by atoms with E-state index in [4.69, 9.17) is 5.73 Å². The predicted molar refractivity (Wildman–Crippen MR) is 106 cm³/mol. The van der Waals surface area contributed by atoms with Gasteiger partial charge in [-0.3, -0.25) is 0 Å². The third-order valence-electron chi connectivity index (χ3n) is 4.74. The summed E-state index contributed by atoms with van der Waals surface area (Å²) < 4.78 is 98.9. The molecule has 32 heavy (non-hydrogen) atoms. The minimum Gasteiger partial charge on any atom is -0.405 e. The Morgan fingerprint density at radius 2 is 1.59 bits per heavy atom. The molecule has 0 amide bonds. The summed E-state index contributed by atoms with van der Waals surface area (Å²) >= 11 is 0. The number of para-hydroxylation sites is 1. The third kappa shape index (κ3) is 5.17. The Bertz CT molecular complexity index is 1120. The first-order valence-corrected chi connectivity index (χ1v) is 9.56. The van der Waals surface area contributed by atoms with Crippen LogP contribution >= 0.6 is 0 Å². The van der Waals surface area contributed by atoms with E-state index >= 15 is 4.39 Å². The molecule has 0 spiro atoms. The summed E-state index contributed by atoms with van der Waals surface area (Å²) in [6, 6.07) is 4.72. The van der Waals surface area contributed by atoms with Crippen LogP contribution in [0.2, 0.25) is 0 Å². The second-order valence-electron chi connectivity index (χ2n) is 8.69. The Kier molecular flexibility index (Phi) is 5.97. The SMILES string of the molecule is CC(C)(C)Cn1cc(C(N)C(F)(F)F)c2cc(F)c(-c3ccccc3OC(F)(F)F)cc21. The zero-order valence-corrected chi connectivity index (χ0v) is 17.4. The summed E-state index contributed by atoms with van der Waals surface area (Å²) in [5.41, 5.74) is 4.51. The molecule has 1 atom stereocenters. The summed E-state index contributed by atoms with van der Waals surface area (Å²) in [5, 5.41) is -0.0606. The van der Waals surface area contributed by atoms with Crippen LogP contribution in [0, 0.1) is 11.2 Å². The molecule has 0 aliphatic heterocycles. The fraction of sp³-hybridized carbons (Fsp3) is 0.364. The number of aromatic nitrogens is 1. The van der Waals surface area contributed by atoms with Gasteiger partial charge in [0.1, 0.15) is 17.6 Å². The Labute approximate surface area is 179 Å². The quantitative estimate of drug-likeness (QED) is 0.426. The summed E-state index contributed by atoms with van der Waals surface area (Å²) in [5.74, 6) is -1.63. The summed E-state index contributed by atoms with van der Waals surface area (Å²) in [6.45, 7) is 5.84. The van der Waals surface area contributed by atoms with Gasteiger partial charge >= 0.3 is 12.5 Å². The lowest BCUT2D eigenvalue weighted by molar-refractivity contribution is -0.274. The first kappa shape index (κ1) is 23.9. The number of alkyl halides is 6. The molecule has 2 aromatic carbocycles. The molecule has 1 heterocycles. The van der Waals surface area contributed by atoms with E-state index in [2.05, 4.69) is 4.74 Å². The van der Waals surface area contributed by atoms with Crippen molar-refractivity contribution in [3.63, 3.8) is 0 Å². The number of halogens is 7. The summed E-state index contributed by atoms with van der Waals surface area (Å²) in [7, 11) is 0. The second kappa shape index (κ2) is 7.99. The van der Waals surface area contributed by atoms with Gasteiger partial charge in [-0.15, -0.1) is 13.2 Å². The zero-order chi connectivity index (χ0) is 24.1. The van der Waals surface area contributed by atoms with Crippen molar-refractivity contribution < 1.29 is 35.5 Å². The number of nitrogens with two attached hydrogens (primary N) is 1. The van der Waals surface area contributed by atoms with Crippen molar-refractivity contribution in [3.8, 4) is 16.9 Å². The molecule has 1 aromatic heterocycles. The van der Waals surface area contributed by atoms with E-state index in [1.165, 1.54) is 35.0 Å². The highest BCUT2D eigenvalue weighted by atomic mass is 19.4. The topological polar surface area (TPSA) is 40.2 Å². The minimum absolute atomic E-state index is 0.0606. The molecule has 1 unspecified atom stereocenters. The maximum atomic E-state index is 15.0. The predicted octanol–water partition coefficient (Wildman–Crippen LogP) is 6.95. The van der Waals surface area contributed by atoms with Crippen LogP contribution < -0.4 is 10.5 Å². The van der Waals surface area contributed by atoms with E-state index in [1.54, 1.807) is 0 Å². The lowest BCUT2D eigenvalue weighted by atomic mass is 9.96. The van der Waals surface area contributed by atoms with Crippen LogP contribution in [-0.4, -0.2) is 17.1 Å². The lowest BCUT2D eigenvalue weighted by Crippen LogP contribution is -2.28. The Morgan fingerprint density at radius 3 is 2.16 bits per heavy atom. The van der Waals surface area contributed by atoms with Crippen LogP contribution in [0.5, 0.6) is 5.75 Å². The number of fused-ring (bicyclic) bond motifs is 1. The molecule has 3 rings (SSSR count). The molecule has 2 N–H and O–H groups in total. The van der Waals surface area contributed by atoms with Crippen LogP contribution in [0.25, 0.3) is 22.0 Å². The standard InChI is InChI=1S/C22H21F7N2O/c1-20(2,3)11-31-10-15(19(30)21(24,25)26)14-8-16(23)13(9-17(14)31)12-6-4-5-7-18(12)32-22(27,28)29/h4-10,19H,11,30H2,1-3H3. The number of benzene rings is 2. The third-order valence-corrected chi connectivity index (χ3v) is 4.74. The maximum Gasteiger partial charge on any atom is 0.573 e. The summed E-state index contributed by atoms with van der Waals surface area (Å²) in [4.78, 5) is 0. The van der Waals surface area contributed by atoms with E-state index < -0.39 is 30.1 Å². The maximum absolute atomic E-state index is 15.0. The normalized spacial score (nSPS) is 14.1. The van der Waals surface area contributed by atoms with Gasteiger partial charge in [0.2, 0.25) is 0 Å². The molecular formula is C22H21F7N2O. The Morgan fingerprint density at radius 1 is 0.969 bits per heavy atom.